The highest BCUT2D eigenvalue weighted by Gasteiger charge is 2.10. The standard InChI is InChI=1S/C7H18NO3PS/c1-10-12(9,13)11-7-5-3-2-4-6-8/h2-8H2,1H3,(H,9,13). The van der Waals surface area contributed by atoms with Crippen molar-refractivity contribution in [3.05, 3.63) is 0 Å². The molecule has 4 nitrogen and oxygen atoms in total. The van der Waals surface area contributed by atoms with Crippen molar-refractivity contribution in [2.24, 2.45) is 5.73 Å². The molecular formula is C7H18NO3PS. The Balaban J connectivity index is 3.21. The first-order valence-corrected chi connectivity index (χ1v) is 6.94. The second kappa shape index (κ2) is 7.85. The van der Waals surface area contributed by atoms with Gasteiger partial charge in [-0.05, 0) is 31.2 Å². The largest absolute Gasteiger partial charge is 0.330 e. The molecule has 0 aromatic rings. The van der Waals surface area contributed by atoms with Gasteiger partial charge in [-0.3, -0.25) is 0 Å². The van der Waals surface area contributed by atoms with Crippen LogP contribution in [0.2, 0.25) is 0 Å². The van der Waals surface area contributed by atoms with E-state index in [1.807, 2.05) is 0 Å². The van der Waals surface area contributed by atoms with Crippen molar-refractivity contribution in [3.63, 3.8) is 0 Å². The molecular weight excluding hydrogens is 209 g/mol. The van der Waals surface area contributed by atoms with Gasteiger partial charge in [0.15, 0.2) is 0 Å². The molecule has 1 unspecified atom stereocenters. The third-order valence-corrected chi connectivity index (χ3v) is 3.32. The van der Waals surface area contributed by atoms with Crippen LogP contribution in [0.4, 0.5) is 0 Å². The number of rotatable bonds is 8. The van der Waals surface area contributed by atoms with Crippen LogP contribution < -0.4 is 5.73 Å². The third kappa shape index (κ3) is 8.81. The molecule has 0 aliphatic rings. The molecule has 80 valence electrons. The monoisotopic (exact) mass is 227 g/mol. The van der Waals surface area contributed by atoms with Gasteiger partial charge in [0.1, 0.15) is 0 Å². The van der Waals surface area contributed by atoms with Gasteiger partial charge in [0.05, 0.1) is 6.61 Å². The summed E-state index contributed by atoms with van der Waals surface area (Å²) in [6.45, 7) is -1.72. The third-order valence-electron chi connectivity index (χ3n) is 1.58. The van der Waals surface area contributed by atoms with E-state index in [1.165, 1.54) is 7.11 Å². The zero-order chi connectivity index (χ0) is 10.2. The van der Waals surface area contributed by atoms with Crippen molar-refractivity contribution in [1.82, 2.24) is 0 Å². The van der Waals surface area contributed by atoms with Crippen molar-refractivity contribution in [2.75, 3.05) is 20.3 Å². The summed E-state index contributed by atoms with van der Waals surface area (Å²) < 4.78 is 9.59. The molecule has 3 N–H and O–H groups in total. The molecule has 0 saturated carbocycles. The average molecular weight is 227 g/mol. The topological polar surface area (TPSA) is 64.7 Å². The van der Waals surface area contributed by atoms with Gasteiger partial charge in [0.25, 0.3) is 0 Å². The molecule has 1 atom stereocenters. The van der Waals surface area contributed by atoms with E-state index in [-0.39, 0.29) is 0 Å². The van der Waals surface area contributed by atoms with E-state index in [4.69, 9.17) is 10.3 Å². The van der Waals surface area contributed by atoms with Crippen molar-refractivity contribution in [3.8, 4) is 0 Å². The minimum atomic E-state index is -2.92. The summed E-state index contributed by atoms with van der Waals surface area (Å²) >= 11 is 4.65. The first kappa shape index (κ1) is 13.5. The summed E-state index contributed by atoms with van der Waals surface area (Å²) in [5.74, 6) is 0. The minimum absolute atomic E-state index is 0.464. The van der Waals surface area contributed by atoms with Gasteiger partial charge in [-0.15, -0.1) is 0 Å². The van der Waals surface area contributed by atoms with E-state index in [0.29, 0.717) is 6.61 Å². The van der Waals surface area contributed by atoms with Crippen LogP contribution in [0.3, 0.4) is 0 Å². The Labute approximate surface area is 84.7 Å². The van der Waals surface area contributed by atoms with Gasteiger partial charge in [0, 0.05) is 7.11 Å². The lowest BCUT2D eigenvalue weighted by Gasteiger charge is -2.12. The van der Waals surface area contributed by atoms with E-state index < -0.39 is 6.72 Å². The van der Waals surface area contributed by atoms with Crippen molar-refractivity contribution in [1.29, 1.82) is 0 Å². The van der Waals surface area contributed by atoms with Crippen LogP contribution in [0, 0.1) is 0 Å². The van der Waals surface area contributed by atoms with E-state index >= 15 is 0 Å². The lowest BCUT2D eigenvalue weighted by atomic mass is 10.2. The maximum absolute atomic E-state index is 9.19. The Morgan fingerprint density at radius 3 is 2.46 bits per heavy atom. The number of nitrogens with two attached hydrogens (primary N) is 1. The van der Waals surface area contributed by atoms with Gasteiger partial charge >= 0.3 is 6.72 Å². The van der Waals surface area contributed by atoms with E-state index in [2.05, 4.69) is 16.3 Å². The second-order valence-electron chi connectivity index (χ2n) is 2.69. The molecule has 0 rings (SSSR count). The highest BCUT2D eigenvalue weighted by Crippen LogP contribution is 2.42. The molecule has 0 fully saturated rings. The highest BCUT2D eigenvalue weighted by atomic mass is 32.5. The van der Waals surface area contributed by atoms with E-state index in [9.17, 15) is 4.89 Å². The van der Waals surface area contributed by atoms with Crippen LogP contribution in [-0.2, 0) is 20.9 Å². The number of hydrogen-bond donors (Lipinski definition) is 2. The van der Waals surface area contributed by atoms with E-state index in [1.54, 1.807) is 0 Å². The summed E-state index contributed by atoms with van der Waals surface area (Å²) in [7, 11) is 1.36. The number of hydrogen-bond acceptors (Lipinski definition) is 4. The van der Waals surface area contributed by atoms with Crippen LogP contribution >= 0.6 is 6.72 Å². The molecule has 0 aliphatic carbocycles. The zero-order valence-corrected chi connectivity index (χ0v) is 9.65. The van der Waals surface area contributed by atoms with Crippen molar-refractivity contribution < 1.29 is 13.9 Å². The van der Waals surface area contributed by atoms with E-state index in [0.717, 1.165) is 32.2 Å². The summed E-state index contributed by atoms with van der Waals surface area (Å²) in [4.78, 5) is 9.19. The van der Waals surface area contributed by atoms with Gasteiger partial charge in [-0.1, -0.05) is 12.8 Å². The van der Waals surface area contributed by atoms with Gasteiger partial charge < -0.3 is 19.7 Å². The Hall–Kier alpha value is 0.490. The molecule has 0 bridgehead atoms. The Morgan fingerprint density at radius 2 is 1.92 bits per heavy atom. The first-order valence-electron chi connectivity index (χ1n) is 4.35. The summed E-state index contributed by atoms with van der Waals surface area (Å²) in [6.07, 6.45) is 4.08. The molecule has 0 saturated heterocycles. The summed E-state index contributed by atoms with van der Waals surface area (Å²) in [5.41, 5.74) is 5.33. The molecule has 0 aromatic carbocycles. The van der Waals surface area contributed by atoms with Crippen LogP contribution in [-0.4, -0.2) is 25.2 Å². The predicted octanol–water partition coefficient (Wildman–Crippen LogP) is 1.39. The van der Waals surface area contributed by atoms with Crippen LogP contribution in [0.1, 0.15) is 25.7 Å². The second-order valence-corrected chi connectivity index (χ2v) is 5.63. The molecule has 0 spiro atoms. The molecule has 0 radical (unpaired) electrons. The van der Waals surface area contributed by atoms with Crippen LogP contribution in [0.5, 0.6) is 0 Å². The molecule has 13 heavy (non-hydrogen) atoms. The van der Waals surface area contributed by atoms with Gasteiger partial charge in [-0.2, -0.15) is 0 Å². The van der Waals surface area contributed by atoms with Crippen LogP contribution in [0.25, 0.3) is 0 Å². The Morgan fingerprint density at radius 1 is 1.31 bits per heavy atom. The maximum atomic E-state index is 9.19. The first-order chi connectivity index (χ1) is 6.12. The lowest BCUT2D eigenvalue weighted by Crippen LogP contribution is -1.99. The molecule has 0 aliphatic heterocycles. The fourth-order valence-electron chi connectivity index (χ4n) is 0.833. The normalized spacial score (nSPS) is 15.6. The van der Waals surface area contributed by atoms with Gasteiger partial charge in [-0.25, -0.2) is 0 Å². The summed E-state index contributed by atoms with van der Waals surface area (Å²) in [5, 5.41) is 0. The lowest BCUT2D eigenvalue weighted by molar-refractivity contribution is 0.221. The van der Waals surface area contributed by atoms with Crippen molar-refractivity contribution in [2.45, 2.75) is 25.7 Å². The Kier molecular flexibility index (Phi) is 8.15. The minimum Gasteiger partial charge on any atom is -0.330 e. The maximum Gasteiger partial charge on any atom is 0.324 e. The molecule has 6 heteroatoms. The molecule has 0 aromatic heterocycles. The number of unbranched alkanes of at least 4 members (excludes halogenated alkanes) is 3. The van der Waals surface area contributed by atoms with Crippen LogP contribution in [0.15, 0.2) is 0 Å². The Bertz CT molecular complexity index is 168. The summed E-state index contributed by atoms with van der Waals surface area (Å²) in [6, 6.07) is 0. The SMILES string of the molecule is COP(O)(=S)OCCCCCCN. The quantitative estimate of drug-likeness (QED) is 0.484. The zero-order valence-electron chi connectivity index (χ0n) is 7.94. The smallest absolute Gasteiger partial charge is 0.324 e. The predicted molar refractivity (Wildman–Crippen MR) is 57.0 cm³/mol. The molecule has 0 amide bonds. The average Bonchev–Trinajstić information content (AvgIpc) is 2.11. The van der Waals surface area contributed by atoms with Crippen molar-refractivity contribution >= 4 is 18.5 Å². The molecule has 0 heterocycles. The highest BCUT2D eigenvalue weighted by molar-refractivity contribution is 8.07. The van der Waals surface area contributed by atoms with Gasteiger partial charge in [0.2, 0.25) is 0 Å². The fourth-order valence-corrected chi connectivity index (χ4v) is 1.52. The fraction of sp³-hybridized carbons (Fsp3) is 1.00.